The molecular formula is C48H34ClF3N2O8. The fourth-order valence-electron chi connectivity index (χ4n) is 6.75. The fraction of sp³-hybridized carbons (Fsp3) is 0.0833. The Morgan fingerprint density at radius 3 is 1.47 bits per heavy atom. The van der Waals surface area contributed by atoms with Crippen molar-refractivity contribution < 1.29 is 52.0 Å². The molecule has 2 heterocycles. The van der Waals surface area contributed by atoms with Gasteiger partial charge in [0.2, 0.25) is 0 Å². The highest BCUT2D eigenvalue weighted by molar-refractivity contribution is 6.43. The first-order valence-electron chi connectivity index (χ1n) is 18.9. The zero-order chi connectivity index (χ0) is 44.0. The predicted molar refractivity (Wildman–Crippen MR) is 226 cm³/mol. The third-order valence-electron chi connectivity index (χ3n) is 9.71. The number of Topliss-reactive ketones (excluding diaryl/α,β-unsaturated/α-hetero) is 2. The number of hydrogen-bond acceptors (Lipinski definition) is 6. The molecule has 0 spiro atoms. The molecule has 10 nitrogen and oxygen atoms in total. The van der Waals surface area contributed by atoms with E-state index in [1.165, 1.54) is 12.3 Å². The van der Waals surface area contributed by atoms with Crippen LogP contribution in [0.25, 0.3) is 21.8 Å². The molecule has 0 aliphatic carbocycles. The molecule has 6 aromatic carbocycles. The minimum absolute atomic E-state index is 0.0150. The van der Waals surface area contributed by atoms with Crippen molar-refractivity contribution in [3.8, 4) is 17.2 Å². The third kappa shape index (κ3) is 9.86. The lowest BCUT2D eigenvalue weighted by molar-refractivity contribution is -0.137. The molecule has 0 aliphatic heterocycles. The lowest BCUT2D eigenvalue weighted by Crippen LogP contribution is -2.12. The van der Waals surface area contributed by atoms with Crippen LogP contribution in [-0.2, 0) is 35.5 Å². The minimum Gasteiger partial charge on any atom is -0.489 e. The second-order valence-electron chi connectivity index (χ2n) is 14.0. The monoisotopic (exact) mass is 858 g/mol. The zero-order valence-corrected chi connectivity index (χ0v) is 33.1. The van der Waals surface area contributed by atoms with Crippen LogP contribution in [0.2, 0.25) is 5.02 Å². The first kappa shape index (κ1) is 42.5. The number of carboxylic acid groups (broad SMARTS) is 2. The highest BCUT2D eigenvalue weighted by Crippen LogP contribution is 2.38. The molecular weight excluding hydrogens is 825 g/mol. The predicted octanol–water partition coefficient (Wildman–Crippen LogP) is 11.0. The molecule has 312 valence electrons. The van der Waals surface area contributed by atoms with Gasteiger partial charge in [0.15, 0.2) is 0 Å². The quantitative estimate of drug-likeness (QED) is 0.0864. The van der Waals surface area contributed by atoms with E-state index in [-0.39, 0.29) is 27.6 Å². The number of aromatic nitrogens is 2. The van der Waals surface area contributed by atoms with Crippen molar-refractivity contribution in [3.63, 3.8) is 0 Å². The van der Waals surface area contributed by atoms with Crippen molar-refractivity contribution >= 4 is 56.9 Å². The molecule has 62 heavy (non-hydrogen) atoms. The molecule has 8 aromatic rings. The molecule has 0 saturated carbocycles. The number of benzene rings is 6. The number of fused-ring (bicyclic) bond motifs is 2. The van der Waals surface area contributed by atoms with Crippen LogP contribution in [0.4, 0.5) is 13.2 Å². The Morgan fingerprint density at radius 1 is 0.565 bits per heavy atom. The van der Waals surface area contributed by atoms with E-state index in [9.17, 15) is 42.6 Å². The maximum Gasteiger partial charge on any atom is 0.416 e. The van der Waals surface area contributed by atoms with Crippen LogP contribution < -0.4 is 9.47 Å². The Labute approximate surface area is 356 Å². The fourth-order valence-corrected chi connectivity index (χ4v) is 6.97. The van der Waals surface area contributed by atoms with Crippen LogP contribution in [0.5, 0.6) is 17.2 Å². The van der Waals surface area contributed by atoms with Crippen LogP contribution in [0.15, 0.2) is 158 Å². The van der Waals surface area contributed by atoms with Crippen molar-refractivity contribution in [1.29, 1.82) is 0 Å². The lowest BCUT2D eigenvalue weighted by atomic mass is 10.1. The molecule has 14 heteroatoms. The van der Waals surface area contributed by atoms with E-state index in [0.29, 0.717) is 41.7 Å². The Morgan fingerprint density at radius 2 is 1.02 bits per heavy atom. The molecule has 0 aliphatic rings. The Balaban J connectivity index is 0.000000188. The molecule has 2 N–H and O–H groups in total. The number of rotatable bonds is 13. The summed E-state index contributed by atoms with van der Waals surface area (Å²) in [7, 11) is 0. The molecule has 0 atom stereocenters. The van der Waals surface area contributed by atoms with Crippen molar-refractivity contribution in [2.45, 2.75) is 25.9 Å². The molecule has 0 saturated heterocycles. The van der Waals surface area contributed by atoms with E-state index in [0.717, 1.165) is 40.4 Å². The molecule has 0 unspecified atom stereocenters. The summed E-state index contributed by atoms with van der Waals surface area (Å²) >= 11 is 5.96. The van der Waals surface area contributed by atoms with Gasteiger partial charge in [-0.3, -0.25) is 9.59 Å². The van der Waals surface area contributed by atoms with Crippen LogP contribution in [0, 0.1) is 0 Å². The van der Waals surface area contributed by atoms with Gasteiger partial charge in [0.1, 0.15) is 23.9 Å². The van der Waals surface area contributed by atoms with E-state index in [1.54, 1.807) is 29.0 Å². The largest absolute Gasteiger partial charge is 0.489 e. The highest BCUT2D eigenvalue weighted by Gasteiger charge is 2.31. The second kappa shape index (κ2) is 18.3. The number of carboxylic acids is 2. The maximum atomic E-state index is 12.9. The summed E-state index contributed by atoms with van der Waals surface area (Å²) < 4.78 is 53.7. The summed E-state index contributed by atoms with van der Waals surface area (Å²) in [6, 6.07) is 41.7. The van der Waals surface area contributed by atoms with Crippen LogP contribution in [-0.4, -0.2) is 42.9 Å². The lowest BCUT2D eigenvalue weighted by Gasteiger charge is -2.12. The molecule has 0 radical (unpaired) electrons. The number of ether oxygens (including phenoxy) is 2. The number of ketones is 2. The van der Waals surface area contributed by atoms with Gasteiger partial charge in [-0.2, -0.15) is 13.2 Å². The minimum atomic E-state index is -4.55. The van der Waals surface area contributed by atoms with E-state index < -0.39 is 35.2 Å². The van der Waals surface area contributed by atoms with Crippen LogP contribution >= 0.6 is 11.6 Å². The summed E-state index contributed by atoms with van der Waals surface area (Å²) in [5, 5.41) is 19.1. The topological polar surface area (TPSA) is 137 Å². The summed E-state index contributed by atoms with van der Waals surface area (Å²) in [6.45, 7) is 1.32. The van der Waals surface area contributed by atoms with E-state index in [2.05, 4.69) is 0 Å². The highest BCUT2D eigenvalue weighted by atomic mass is 35.5. The number of alkyl halides is 3. The number of aliphatic carboxylic acids is 2. The van der Waals surface area contributed by atoms with Crippen molar-refractivity contribution in [1.82, 2.24) is 9.13 Å². The SMILES string of the molecule is O=C(O)C(=O)c1cn(Cc2ccccc2)c2ccc(OCc3ccccc3)cc12.O=C(O)C(=O)c1cn(Cc2ccccc2)c2ccc(Oc3ccc(C(F)(F)F)cc3Cl)cc12. The number of hydrogen-bond donors (Lipinski definition) is 2. The van der Waals surface area contributed by atoms with Crippen LogP contribution in [0.3, 0.4) is 0 Å². The average molecular weight is 859 g/mol. The number of halogens is 4. The summed E-state index contributed by atoms with van der Waals surface area (Å²) in [5.74, 6) is -4.35. The Kier molecular flexibility index (Phi) is 12.6. The van der Waals surface area contributed by atoms with E-state index >= 15 is 0 Å². The summed E-state index contributed by atoms with van der Waals surface area (Å²) in [4.78, 5) is 47.2. The Hall–Kier alpha value is -7.64. The van der Waals surface area contributed by atoms with Gasteiger partial charge in [0, 0.05) is 47.3 Å². The van der Waals surface area contributed by atoms with Gasteiger partial charge in [-0.1, -0.05) is 103 Å². The van der Waals surface area contributed by atoms with Gasteiger partial charge in [0.25, 0.3) is 11.6 Å². The molecule has 0 bridgehead atoms. The number of carbonyl (C=O) groups is 4. The van der Waals surface area contributed by atoms with Gasteiger partial charge in [0.05, 0.1) is 21.7 Å². The van der Waals surface area contributed by atoms with Gasteiger partial charge < -0.3 is 28.8 Å². The maximum absolute atomic E-state index is 12.9. The van der Waals surface area contributed by atoms with E-state index in [4.69, 9.17) is 21.1 Å². The summed E-state index contributed by atoms with van der Waals surface area (Å²) in [5.41, 5.74) is 3.62. The normalized spacial score (nSPS) is 11.2. The van der Waals surface area contributed by atoms with Crippen LogP contribution in [0.1, 0.15) is 43.0 Å². The van der Waals surface area contributed by atoms with Crippen molar-refractivity contribution in [3.05, 3.63) is 196 Å². The van der Waals surface area contributed by atoms with Crippen molar-refractivity contribution in [2.75, 3.05) is 0 Å². The van der Waals surface area contributed by atoms with Gasteiger partial charge >= 0.3 is 18.1 Å². The zero-order valence-electron chi connectivity index (χ0n) is 32.4. The van der Waals surface area contributed by atoms with Gasteiger partial charge in [-0.15, -0.1) is 0 Å². The standard InChI is InChI=1S/C24H15ClF3NO4.C24H19NO4/c25-19-10-15(24(26,27)28)6-9-21(19)33-16-7-8-20-17(11-16)18(22(30)23(31)32)13-29(20)12-14-4-2-1-3-5-14;26-23(24(27)28)21-15-25(14-17-7-3-1-4-8-17)22-12-11-19(13-20(21)22)29-16-18-9-5-2-6-10-18/h1-11,13H,12H2,(H,31,32);1-13,15H,14,16H2,(H,27,28). The first-order chi connectivity index (χ1) is 29.7. The number of nitrogens with zero attached hydrogens (tertiary/aromatic N) is 2. The molecule has 8 rings (SSSR count). The average Bonchev–Trinajstić information content (AvgIpc) is 3.80. The summed E-state index contributed by atoms with van der Waals surface area (Å²) in [6.07, 6.45) is -1.48. The third-order valence-corrected chi connectivity index (χ3v) is 10.0. The van der Waals surface area contributed by atoms with Gasteiger partial charge in [-0.05, 0) is 71.3 Å². The molecule has 0 fully saturated rings. The van der Waals surface area contributed by atoms with Crippen molar-refractivity contribution in [2.24, 2.45) is 0 Å². The second-order valence-corrected chi connectivity index (χ2v) is 14.4. The Bertz CT molecular complexity index is 2930. The molecule has 2 aromatic heterocycles. The smallest absolute Gasteiger partial charge is 0.416 e. The van der Waals surface area contributed by atoms with E-state index in [1.807, 2.05) is 108 Å². The molecule has 0 amide bonds. The first-order valence-corrected chi connectivity index (χ1v) is 19.2. The number of carbonyl (C=O) groups excluding carboxylic acids is 2. The van der Waals surface area contributed by atoms with Gasteiger partial charge in [-0.25, -0.2) is 9.59 Å².